The number of aromatic amines is 1. The van der Waals surface area contributed by atoms with E-state index >= 15 is 0 Å². The van der Waals surface area contributed by atoms with Gasteiger partial charge in [0.05, 0.1) is 4.88 Å². The highest BCUT2D eigenvalue weighted by Crippen LogP contribution is 2.23. The lowest BCUT2D eigenvalue weighted by Gasteiger charge is -1.94. The molecule has 2 rings (SSSR count). The Bertz CT molecular complexity index is 470. The lowest BCUT2D eigenvalue weighted by atomic mass is 10.4. The molecule has 1 N–H and O–H groups in total. The van der Waals surface area contributed by atoms with Crippen LogP contribution in [0.3, 0.4) is 0 Å². The smallest absolute Gasteiger partial charge is 0.148 e. The summed E-state index contributed by atoms with van der Waals surface area (Å²) in [4.78, 5) is 9.67. The van der Waals surface area contributed by atoms with Crippen LogP contribution in [0.25, 0.3) is 10.7 Å². The predicted octanol–water partition coefficient (Wildman–Crippen LogP) is 3.18. The number of H-pyrrole nitrogens is 1. The summed E-state index contributed by atoms with van der Waals surface area (Å²) in [6, 6.07) is 5.90. The van der Waals surface area contributed by atoms with E-state index in [0.29, 0.717) is 0 Å². The Labute approximate surface area is 85.3 Å². The summed E-state index contributed by atoms with van der Waals surface area (Å²) in [6.07, 6.45) is 1.73. The van der Waals surface area contributed by atoms with Crippen LogP contribution in [0.15, 0.2) is 24.4 Å². The summed E-state index contributed by atoms with van der Waals surface area (Å²) < 4.78 is 0.719. The van der Waals surface area contributed by atoms with Crippen LogP contribution in [0.5, 0.6) is 0 Å². The van der Waals surface area contributed by atoms with Crippen molar-refractivity contribution in [3.63, 3.8) is 0 Å². The summed E-state index contributed by atoms with van der Waals surface area (Å²) >= 11 is 6.72. The molecule has 0 saturated heterocycles. The van der Waals surface area contributed by atoms with Crippen molar-refractivity contribution in [1.29, 1.82) is 0 Å². The minimum Gasteiger partial charge on any atom is -0.330 e. The molecule has 0 unspecified atom stereocenters. The number of hydrogen-bond donors (Lipinski definition) is 1. The molecular formula is C9H8N2S2. The quantitative estimate of drug-likeness (QED) is 0.729. The molecule has 4 heteroatoms. The zero-order valence-corrected chi connectivity index (χ0v) is 8.71. The number of hydrogen-bond acceptors (Lipinski definition) is 3. The Balaban J connectivity index is 2.52. The van der Waals surface area contributed by atoms with Crippen LogP contribution < -0.4 is 0 Å². The molecule has 0 radical (unpaired) electrons. The molecule has 13 heavy (non-hydrogen) atoms. The number of aryl methyl sites for hydroxylation is 1. The van der Waals surface area contributed by atoms with E-state index in [1.807, 2.05) is 6.07 Å². The summed E-state index contributed by atoms with van der Waals surface area (Å²) in [7, 11) is 0. The maximum atomic E-state index is 5.02. The van der Waals surface area contributed by atoms with Crippen LogP contribution in [0, 0.1) is 11.6 Å². The number of rotatable bonds is 1. The third kappa shape index (κ3) is 1.84. The number of aromatic nitrogens is 2. The third-order valence-corrected chi connectivity index (χ3v) is 2.89. The van der Waals surface area contributed by atoms with Gasteiger partial charge in [-0.15, -0.1) is 11.3 Å². The van der Waals surface area contributed by atoms with Gasteiger partial charge in [-0.05, 0) is 25.1 Å². The molecule has 0 bridgehead atoms. The van der Waals surface area contributed by atoms with Gasteiger partial charge < -0.3 is 4.98 Å². The van der Waals surface area contributed by atoms with Gasteiger partial charge in [0.2, 0.25) is 0 Å². The average molecular weight is 208 g/mol. The molecule has 0 amide bonds. The first kappa shape index (κ1) is 8.59. The molecule has 0 aliphatic heterocycles. The third-order valence-electron chi connectivity index (χ3n) is 1.64. The van der Waals surface area contributed by atoms with Gasteiger partial charge >= 0.3 is 0 Å². The van der Waals surface area contributed by atoms with Crippen molar-refractivity contribution < 1.29 is 0 Å². The Kier molecular flexibility index (Phi) is 2.24. The Morgan fingerprint density at radius 1 is 1.38 bits per heavy atom. The normalized spacial score (nSPS) is 10.2. The van der Waals surface area contributed by atoms with E-state index in [9.17, 15) is 0 Å². The van der Waals surface area contributed by atoms with Crippen molar-refractivity contribution in [3.8, 4) is 10.7 Å². The van der Waals surface area contributed by atoms with Crippen molar-refractivity contribution in [2.24, 2.45) is 0 Å². The molecule has 0 spiro atoms. The van der Waals surface area contributed by atoms with Crippen LogP contribution in [0.1, 0.15) is 4.88 Å². The van der Waals surface area contributed by atoms with Crippen LogP contribution in [-0.4, -0.2) is 9.97 Å². The molecule has 0 aliphatic rings. The first-order valence-corrected chi connectivity index (χ1v) is 5.10. The molecule has 66 valence electrons. The molecule has 0 aliphatic carbocycles. The van der Waals surface area contributed by atoms with Crippen LogP contribution in [-0.2, 0) is 0 Å². The van der Waals surface area contributed by atoms with E-state index < -0.39 is 0 Å². The zero-order valence-electron chi connectivity index (χ0n) is 7.07. The summed E-state index contributed by atoms with van der Waals surface area (Å²) in [5.41, 5.74) is 0. The van der Waals surface area contributed by atoms with Gasteiger partial charge in [-0.25, -0.2) is 4.98 Å². The van der Waals surface area contributed by atoms with Crippen molar-refractivity contribution in [2.75, 3.05) is 0 Å². The number of nitrogens with one attached hydrogen (secondary N) is 1. The molecule has 2 aromatic heterocycles. The highest BCUT2D eigenvalue weighted by atomic mass is 32.1. The van der Waals surface area contributed by atoms with Crippen LogP contribution in [0.2, 0.25) is 0 Å². The first-order chi connectivity index (χ1) is 6.25. The zero-order chi connectivity index (χ0) is 9.26. The van der Waals surface area contributed by atoms with Gasteiger partial charge in [-0.3, -0.25) is 0 Å². The van der Waals surface area contributed by atoms with Gasteiger partial charge in [-0.2, -0.15) is 0 Å². The lowest BCUT2D eigenvalue weighted by molar-refractivity contribution is 1.17. The van der Waals surface area contributed by atoms with Crippen molar-refractivity contribution in [2.45, 2.75) is 6.92 Å². The van der Waals surface area contributed by atoms with E-state index in [1.54, 1.807) is 23.6 Å². The summed E-state index contributed by atoms with van der Waals surface area (Å²) in [5, 5.41) is 0. The number of thiophene rings is 1. The maximum Gasteiger partial charge on any atom is 0.148 e. The molecule has 0 saturated carbocycles. The minimum atomic E-state index is 0.719. The predicted molar refractivity (Wildman–Crippen MR) is 57.5 cm³/mol. The van der Waals surface area contributed by atoms with Crippen molar-refractivity contribution in [1.82, 2.24) is 9.97 Å². The highest BCUT2D eigenvalue weighted by molar-refractivity contribution is 7.71. The average Bonchev–Trinajstić information content (AvgIpc) is 2.52. The Morgan fingerprint density at radius 3 is 2.85 bits per heavy atom. The van der Waals surface area contributed by atoms with Gasteiger partial charge in [0.15, 0.2) is 0 Å². The SMILES string of the molecule is Cc1ccc(-c2nccc(=S)[nH]2)s1. The van der Waals surface area contributed by atoms with E-state index in [4.69, 9.17) is 12.2 Å². The topological polar surface area (TPSA) is 28.7 Å². The molecule has 2 aromatic rings. The van der Waals surface area contributed by atoms with Crippen molar-refractivity contribution >= 4 is 23.6 Å². The van der Waals surface area contributed by atoms with Gasteiger partial charge in [0.25, 0.3) is 0 Å². The summed E-state index contributed by atoms with van der Waals surface area (Å²) in [5.74, 6) is 0.852. The van der Waals surface area contributed by atoms with Crippen LogP contribution >= 0.6 is 23.6 Å². The van der Waals surface area contributed by atoms with Gasteiger partial charge in [0.1, 0.15) is 10.5 Å². The van der Waals surface area contributed by atoms with Crippen molar-refractivity contribution in [3.05, 3.63) is 33.9 Å². The second-order valence-electron chi connectivity index (χ2n) is 2.69. The molecule has 2 heterocycles. The largest absolute Gasteiger partial charge is 0.330 e. The fraction of sp³-hybridized carbons (Fsp3) is 0.111. The Morgan fingerprint density at radius 2 is 2.23 bits per heavy atom. The lowest BCUT2D eigenvalue weighted by Crippen LogP contribution is -1.84. The standard InChI is InChI=1S/C9H8N2S2/c1-6-2-3-7(13-6)9-10-5-4-8(12)11-9/h2-5H,1H3,(H,10,11,12). The van der Waals surface area contributed by atoms with Gasteiger partial charge in [-0.1, -0.05) is 12.2 Å². The highest BCUT2D eigenvalue weighted by Gasteiger charge is 2.00. The van der Waals surface area contributed by atoms with E-state index in [2.05, 4.69) is 23.0 Å². The first-order valence-electron chi connectivity index (χ1n) is 3.88. The van der Waals surface area contributed by atoms with E-state index in [0.717, 1.165) is 15.3 Å². The minimum absolute atomic E-state index is 0.719. The molecule has 0 aromatic carbocycles. The van der Waals surface area contributed by atoms with Gasteiger partial charge in [0, 0.05) is 11.1 Å². The summed E-state index contributed by atoms with van der Waals surface area (Å²) in [6.45, 7) is 2.08. The Hall–Kier alpha value is -1.00. The number of nitrogens with zero attached hydrogens (tertiary/aromatic N) is 1. The molecule has 0 fully saturated rings. The maximum absolute atomic E-state index is 5.02. The molecular weight excluding hydrogens is 200 g/mol. The fourth-order valence-corrected chi connectivity index (χ4v) is 2.03. The fourth-order valence-electron chi connectivity index (χ4n) is 1.06. The van der Waals surface area contributed by atoms with E-state index in [1.165, 1.54) is 4.88 Å². The second kappa shape index (κ2) is 3.40. The van der Waals surface area contributed by atoms with E-state index in [-0.39, 0.29) is 0 Å². The monoisotopic (exact) mass is 208 g/mol. The van der Waals surface area contributed by atoms with Crippen LogP contribution in [0.4, 0.5) is 0 Å². The second-order valence-corrected chi connectivity index (χ2v) is 4.42. The molecule has 0 atom stereocenters. The molecule has 2 nitrogen and oxygen atoms in total.